The Hall–Kier alpha value is -3.33. The van der Waals surface area contributed by atoms with E-state index < -0.39 is 17.8 Å². The van der Waals surface area contributed by atoms with E-state index in [1.165, 1.54) is 28.4 Å². The van der Waals surface area contributed by atoms with Crippen LogP contribution in [0.25, 0.3) is 15.6 Å². The van der Waals surface area contributed by atoms with Gasteiger partial charge in [-0.2, -0.15) is 0 Å². The first-order valence-corrected chi connectivity index (χ1v) is 8.57. The van der Waals surface area contributed by atoms with E-state index in [0.717, 1.165) is 10.4 Å². The second-order valence-corrected chi connectivity index (χ2v) is 6.49. The number of hydrogen-bond acceptors (Lipinski definition) is 7. The molecule has 130 valence electrons. The summed E-state index contributed by atoms with van der Waals surface area (Å²) in [6.45, 7) is 0. The molecule has 1 saturated heterocycles. The van der Waals surface area contributed by atoms with Crippen molar-refractivity contribution in [2.24, 2.45) is 0 Å². The number of hydrogen-bond donors (Lipinski definition) is 0. The second-order valence-electron chi connectivity index (χ2n) is 5.48. The summed E-state index contributed by atoms with van der Waals surface area (Å²) in [7, 11) is 0. The molecule has 2 amide bonds. The molecule has 0 bridgehead atoms. The Kier molecular flexibility index (Phi) is 4.05. The summed E-state index contributed by atoms with van der Waals surface area (Å²) in [5.74, 6) is -1.91. The van der Waals surface area contributed by atoms with Crippen LogP contribution in [0.15, 0.2) is 49.1 Å². The van der Waals surface area contributed by atoms with Crippen LogP contribution < -0.4 is 0 Å². The number of imide groups is 1. The molecule has 9 heteroatoms. The number of nitrogens with zero attached hydrogens (tertiary/aromatic N) is 4. The molecular weight excluding hydrogens is 356 g/mol. The van der Waals surface area contributed by atoms with Gasteiger partial charge >= 0.3 is 5.97 Å². The van der Waals surface area contributed by atoms with Crippen molar-refractivity contribution in [1.82, 2.24) is 19.6 Å². The van der Waals surface area contributed by atoms with Crippen LogP contribution in [-0.2, 0) is 14.4 Å². The quantitative estimate of drug-likeness (QED) is 0.656. The van der Waals surface area contributed by atoms with Gasteiger partial charge in [-0.1, -0.05) is 41.7 Å². The smallest absolute Gasteiger partial charge is 0.323 e. The maximum atomic E-state index is 12.4. The van der Waals surface area contributed by atoms with Gasteiger partial charge in [0.05, 0.1) is 11.1 Å². The Morgan fingerprint density at radius 2 is 1.81 bits per heavy atom. The van der Waals surface area contributed by atoms with Gasteiger partial charge < -0.3 is 4.84 Å². The lowest BCUT2D eigenvalue weighted by Crippen LogP contribution is -2.32. The molecule has 0 atom stereocenters. The molecule has 0 aliphatic carbocycles. The van der Waals surface area contributed by atoms with Crippen molar-refractivity contribution in [1.29, 1.82) is 0 Å². The molecule has 1 aliphatic rings. The topological polar surface area (TPSA) is 94.4 Å². The van der Waals surface area contributed by atoms with E-state index in [4.69, 9.17) is 4.84 Å². The van der Waals surface area contributed by atoms with Gasteiger partial charge in [-0.25, -0.2) is 14.8 Å². The number of thiazole rings is 1. The van der Waals surface area contributed by atoms with Gasteiger partial charge in [-0.3, -0.25) is 14.2 Å². The number of amides is 2. The molecule has 0 N–H and O–H groups in total. The van der Waals surface area contributed by atoms with Crippen molar-refractivity contribution in [3.63, 3.8) is 0 Å². The van der Waals surface area contributed by atoms with Crippen LogP contribution in [0.3, 0.4) is 0 Å². The number of hydroxylamine groups is 2. The maximum Gasteiger partial charge on any atom is 0.382 e. The van der Waals surface area contributed by atoms with E-state index in [-0.39, 0.29) is 18.5 Å². The van der Waals surface area contributed by atoms with E-state index in [2.05, 4.69) is 9.97 Å². The van der Waals surface area contributed by atoms with Crippen LogP contribution in [0.5, 0.6) is 0 Å². The van der Waals surface area contributed by atoms with Gasteiger partial charge in [-0.05, 0) is 5.56 Å². The summed E-state index contributed by atoms with van der Waals surface area (Å²) >= 11 is 1.38. The zero-order valence-electron chi connectivity index (χ0n) is 13.4. The zero-order chi connectivity index (χ0) is 18.1. The molecule has 0 radical (unpaired) electrons. The third kappa shape index (κ3) is 2.88. The van der Waals surface area contributed by atoms with Gasteiger partial charge in [0.1, 0.15) is 6.33 Å². The fourth-order valence-electron chi connectivity index (χ4n) is 2.50. The maximum absolute atomic E-state index is 12.4. The lowest BCUT2D eigenvalue weighted by atomic mass is 10.2. The molecule has 2 aromatic heterocycles. The Bertz CT molecular complexity index is 979. The first-order chi connectivity index (χ1) is 12.6. The third-order valence-corrected chi connectivity index (χ3v) is 4.83. The van der Waals surface area contributed by atoms with Gasteiger partial charge in [0.25, 0.3) is 11.8 Å². The Balaban J connectivity index is 1.59. The average molecular weight is 368 g/mol. The lowest BCUT2D eigenvalue weighted by molar-refractivity contribution is -0.172. The highest BCUT2D eigenvalue weighted by atomic mass is 32.1. The van der Waals surface area contributed by atoms with Crippen molar-refractivity contribution in [3.05, 3.63) is 54.7 Å². The highest BCUT2D eigenvalue weighted by molar-refractivity contribution is 7.17. The first kappa shape index (κ1) is 16.2. The van der Waals surface area contributed by atoms with Crippen molar-refractivity contribution in [3.8, 4) is 15.6 Å². The zero-order valence-corrected chi connectivity index (χ0v) is 14.2. The van der Waals surface area contributed by atoms with Crippen LogP contribution in [0.1, 0.15) is 23.3 Å². The first-order valence-electron chi connectivity index (χ1n) is 7.75. The van der Waals surface area contributed by atoms with E-state index in [9.17, 15) is 14.4 Å². The van der Waals surface area contributed by atoms with Crippen molar-refractivity contribution >= 4 is 29.1 Å². The molecular formula is C17H12N4O4S. The number of benzene rings is 1. The lowest BCUT2D eigenvalue weighted by Gasteiger charge is -2.12. The third-order valence-electron chi connectivity index (χ3n) is 3.79. The Morgan fingerprint density at radius 3 is 2.54 bits per heavy atom. The summed E-state index contributed by atoms with van der Waals surface area (Å²) in [4.78, 5) is 49.7. The number of aromatic nitrogens is 3. The standard InChI is InChI=1S/C17H12N4O4S/c22-14-6-7-15(23)21(14)25-16(24)12-8-18-10-20(12)17-19-9-13(26-17)11-4-2-1-3-5-11/h1-5,8-10H,6-7H2. The van der Waals surface area contributed by atoms with Gasteiger partial charge in [0.2, 0.25) is 0 Å². The van der Waals surface area contributed by atoms with E-state index >= 15 is 0 Å². The molecule has 0 spiro atoms. The molecule has 8 nitrogen and oxygen atoms in total. The Labute approximate surface area is 151 Å². The van der Waals surface area contributed by atoms with Crippen molar-refractivity contribution in [2.45, 2.75) is 12.8 Å². The summed E-state index contributed by atoms with van der Waals surface area (Å²) in [5, 5.41) is 1.03. The fraction of sp³-hybridized carbons (Fsp3) is 0.118. The van der Waals surface area contributed by atoms with Crippen LogP contribution in [0.2, 0.25) is 0 Å². The predicted molar refractivity (Wildman–Crippen MR) is 91.2 cm³/mol. The minimum atomic E-state index is -0.845. The van der Waals surface area contributed by atoms with Gasteiger partial charge in [-0.15, -0.1) is 5.06 Å². The van der Waals surface area contributed by atoms with E-state index in [1.807, 2.05) is 30.3 Å². The molecule has 3 heterocycles. The highest BCUT2D eigenvalue weighted by Gasteiger charge is 2.34. The highest BCUT2D eigenvalue weighted by Crippen LogP contribution is 2.28. The summed E-state index contributed by atoms with van der Waals surface area (Å²) in [5.41, 5.74) is 1.08. The summed E-state index contributed by atoms with van der Waals surface area (Å²) in [6, 6.07) is 9.71. The molecule has 26 heavy (non-hydrogen) atoms. The second kappa shape index (κ2) is 6.52. The molecule has 1 aliphatic heterocycles. The largest absolute Gasteiger partial charge is 0.382 e. The van der Waals surface area contributed by atoms with Gasteiger partial charge in [0, 0.05) is 19.0 Å². The molecule has 3 aromatic rings. The van der Waals surface area contributed by atoms with Crippen LogP contribution in [0.4, 0.5) is 0 Å². The summed E-state index contributed by atoms with van der Waals surface area (Å²) < 4.78 is 1.46. The van der Waals surface area contributed by atoms with Crippen LogP contribution >= 0.6 is 11.3 Å². The van der Waals surface area contributed by atoms with Gasteiger partial charge in [0.15, 0.2) is 10.8 Å². The number of carbonyl (C=O) groups excluding carboxylic acids is 3. The van der Waals surface area contributed by atoms with E-state index in [1.54, 1.807) is 6.20 Å². The minimum Gasteiger partial charge on any atom is -0.323 e. The molecule has 1 aromatic carbocycles. The van der Waals surface area contributed by atoms with E-state index in [0.29, 0.717) is 10.2 Å². The molecule has 0 saturated carbocycles. The number of rotatable bonds is 4. The fourth-order valence-corrected chi connectivity index (χ4v) is 3.40. The van der Waals surface area contributed by atoms with Crippen LogP contribution in [-0.4, -0.2) is 37.4 Å². The Morgan fingerprint density at radius 1 is 1.08 bits per heavy atom. The van der Waals surface area contributed by atoms with Crippen LogP contribution in [0, 0.1) is 0 Å². The summed E-state index contributed by atoms with van der Waals surface area (Å²) in [6.07, 6.45) is 4.52. The molecule has 4 rings (SSSR count). The van der Waals surface area contributed by atoms with Crippen molar-refractivity contribution in [2.75, 3.05) is 0 Å². The normalized spacial score (nSPS) is 14.1. The number of imidazole rings is 1. The molecule has 0 unspecified atom stereocenters. The van der Waals surface area contributed by atoms with Crippen molar-refractivity contribution < 1.29 is 19.2 Å². The average Bonchev–Trinajstić information content (AvgIpc) is 3.38. The number of carbonyl (C=O) groups is 3. The monoisotopic (exact) mass is 368 g/mol. The molecule has 1 fully saturated rings. The minimum absolute atomic E-state index is 0.0400. The predicted octanol–water partition coefficient (Wildman–Crippen LogP) is 2.22. The SMILES string of the molecule is O=C(ON1C(=O)CCC1=O)c1cncn1-c1ncc(-c2ccccc2)s1.